The Morgan fingerprint density at radius 2 is 1.96 bits per heavy atom. The lowest BCUT2D eigenvalue weighted by molar-refractivity contribution is 0.0515. The largest absolute Gasteiger partial charge is 0.507 e. The second-order valence-electron chi connectivity index (χ2n) is 5.63. The molecule has 0 saturated carbocycles. The van der Waals surface area contributed by atoms with Crippen molar-refractivity contribution in [1.82, 2.24) is 0 Å². The molecular weight excluding hydrogens is 354 g/mol. The Labute approximate surface area is 155 Å². The number of hydrogen-bond acceptors (Lipinski definition) is 5. The van der Waals surface area contributed by atoms with Crippen LogP contribution in [0.5, 0.6) is 11.5 Å². The van der Waals surface area contributed by atoms with Crippen molar-refractivity contribution < 1.29 is 19.5 Å². The zero-order valence-electron chi connectivity index (χ0n) is 14.2. The highest BCUT2D eigenvalue weighted by Gasteiger charge is 2.16. The van der Waals surface area contributed by atoms with Gasteiger partial charge in [-0.25, -0.2) is 4.79 Å². The monoisotopic (exact) mass is 369 g/mol. The van der Waals surface area contributed by atoms with Gasteiger partial charge < -0.3 is 14.7 Å². The van der Waals surface area contributed by atoms with E-state index in [1.807, 2.05) is 36.4 Å². The van der Waals surface area contributed by atoms with Crippen LogP contribution in [0, 0.1) is 6.92 Å². The lowest BCUT2D eigenvalue weighted by Crippen LogP contribution is -2.03. The molecule has 0 aliphatic heterocycles. The smallest absolute Gasteiger partial charge is 0.369 e. The summed E-state index contributed by atoms with van der Waals surface area (Å²) < 4.78 is 5.36. The van der Waals surface area contributed by atoms with Crippen LogP contribution in [-0.4, -0.2) is 24.4 Å². The van der Waals surface area contributed by atoms with Gasteiger partial charge in [0.15, 0.2) is 0 Å². The zero-order valence-corrected chi connectivity index (χ0v) is 14.9. The molecule has 0 saturated heterocycles. The summed E-state index contributed by atoms with van der Waals surface area (Å²) in [6.07, 6.45) is 1.41. The quantitative estimate of drug-likeness (QED) is 0.411. The molecule has 3 aromatic rings. The molecular formula is C20H16ClNO4. The summed E-state index contributed by atoms with van der Waals surface area (Å²) in [7, 11) is 1.56. The maximum absolute atomic E-state index is 12.2. The Kier molecular flexibility index (Phi) is 5.09. The van der Waals surface area contributed by atoms with Crippen molar-refractivity contribution in [2.75, 3.05) is 7.11 Å². The van der Waals surface area contributed by atoms with Crippen LogP contribution < -0.4 is 4.74 Å². The fourth-order valence-corrected chi connectivity index (χ4v) is 2.93. The molecule has 0 fully saturated rings. The summed E-state index contributed by atoms with van der Waals surface area (Å²) in [6.45, 7) is 1.64. The number of rotatable bonds is 4. The van der Waals surface area contributed by atoms with E-state index in [0.717, 1.165) is 10.8 Å². The highest BCUT2D eigenvalue weighted by atomic mass is 35.5. The third-order valence-electron chi connectivity index (χ3n) is 3.95. The van der Waals surface area contributed by atoms with Crippen molar-refractivity contribution in [2.45, 2.75) is 6.92 Å². The Balaban J connectivity index is 1.90. The molecule has 0 spiro atoms. The molecule has 0 bridgehead atoms. The third kappa shape index (κ3) is 3.48. The number of carbonyl (C=O) groups is 1. The number of ether oxygens (including phenoxy) is 1. The van der Waals surface area contributed by atoms with E-state index < -0.39 is 5.97 Å². The van der Waals surface area contributed by atoms with E-state index in [1.165, 1.54) is 12.3 Å². The number of phenols is 1. The van der Waals surface area contributed by atoms with Gasteiger partial charge in [-0.15, -0.1) is 0 Å². The van der Waals surface area contributed by atoms with Gasteiger partial charge in [0.05, 0.1) is 13.3 Å². The SMILES string of the molecule is COc1ccc2ccccc2c1/C=N\OC(=O)c1cc(Cl)cc(C)c1O. The van der Waals surface area contributed by atoms with Crippen LogP contribution in [-0.2, 0) is 4.84 Å². The van der Waals surface area contributed by atoms with Crippen LogP contribution in [0.3, 0.4) is 0 Å². The Bertz CT molecular complexity index is 1010. The van der Waals surface area contributed by atoms with Crippen LogP contribution in [0.15, 0.2) is 53.7 Å². The number of hydrogen-bond donors (Lipinski definition) is 1. The van der Waals surface area contributed by atoms with Crippen LogP contribution >= 0.6 is 11.6 Å². The van der Waals surface area contributed by atoms with Gasteiger partial charge in [0.25, 0.3) is 0 Å². The van der Waals surface area contributed by atoms with Crippen LogP contribution in [0.25, 0.3) is 10.8 Å². The zero-order chi connectivity index (χ0) is 18.7. The van der Waals surface area contributed by atoms with Crippen molar-refractivity contribution in [3.05, 3.63) is 70.2 Å². The van der Waals surface area contributed by atoms with E-state index in [1.54, 1.807) is 20.1 Å². The molecule has 3 aromatic carbocycles. The molecule has 132 valence electrons. The summed E-state index contributed by atoms with van der Waals surface area (Å²) in [5.74, 6) is -0.383. The van der Waals surface area contributed by atoms with Crippen LogP contribution in [0.4, 0.5) is 0 Å². The van der Waals surface area contributed by atoms with Crippen molar-refractivity contribution in [3.63, 3.8) is 0 Å². The lowest BCUT2D eigenvalue weighted by atomic mass is 10.0. The molecule has 0 heterocycles. The van der Waals surface area contributed by atoms with Crippen molar-refractivity contribution in [3.8, 4) is 11.5 Å². The number of halogens is 1. The third-order valence-corrected chi connectivity index (χ3v) is 4.17. The molecule has 0 aliphatic carbocycles. The van der Waals surface area contributed by atoms with E-state index in [9.17, 15) is 9.90 Å². The van der Waals surface area contributed by atoms with Crippen molar-refractivity contribution in [2.24, 2.45) is 5.16 Å². The summed E-state index contributed by atoms with van der Waals surface area (Å²) in [5, 5.41) is 16.0. The Morgan fingerprint density at radius 3 is 2.73 bits per heavy atom. The highest BCUT2D eigenvalue weighted by Crippen LogP contribution is 2.28. The fourth-order valence-electron chi connectivity index (χ4n) is 2.65. The first-order valence-electron chi connectivity index (χ1n) is 7.81. The lowest BCUT2D eigenvalue weighted by Gasteiger charge is -2.08. The average molecular weight is 370 g/mol. The predicted octanol–water partition coefficient (Wildman–Crippen LogP) is 4.71. The first kappa shape index (κ1) is 17.8. The number of phenolic OH excluding ortho intramolecular Hbond substituents is 1. The maximum Gasteiger partial charge on any atom is 0.369 e. The summed E-state index contributed by atoms with van der Waals surface area (Å²) in [4.78, 5) is 17.1. The van der Waals surface area contributed by atoms with Crippen LogP contribution in [0.2, 0.25) is 5.02 Å². The van der Waals surface area contributed by atoms with Gasteiger partial charge >= 0.3 is 5.97 Å². The van der Waals surface area contributed by atoms with Gasteiger partial charge in [-0.1, -0.05) is 47.1 Å². The van der Waals surface area contributed by atoms with E-state index in [4.69, 9.17) is 21.2 Å². The first-order valence-corrected chi connectivity index (χ1v) is 8.18. The minimum atomic E-state index is -0.802. The normalized spacial score (nSPS) is 11.0. The Hall–Kier alpha value is -3.05. The van der Waals surface area contributed by atoms with Gasteiger partial charge in [-0.2, -0.15) is 0 Å². The molecule has 0 aliphatic rings. The number of carbonyl (C=O) groups excluding carboxylic acids is 1. The minimum Gasteiger partial charge on any atom is -0.507 e. The molecule has 3 rings (SSSR count). The second-order valence-corrected chi connectivity index (χ2v) is 6.07. The summed E-state index contributed by atoms with van der Waals surface area (Å²) in [6, 6.07) is 14.4. The minimum absolute atomic E-state index is 0.0444. The number of benzene rings is 3. The van der Waals surface area contributed by atoms with Crippen LogP contribution in [0.1, 0.15) is 21.5 Å². The second kappa shape index (κ2) is 7.45. The standard InChI is InChI=1S/C20H16ClNO4/c1-12-9-14(21)10-16(19(12)23)20(24)26-22-11-17-15-6-4-3-5-13(15)7-8-18(17)25-2/h3-11,23H,1-2H3/b22-11-. The van der Waals surface area contributed by atoms with E-state index in [0.29, 0.717) is 21.9 Å². The molecule has 0 radical (unpaired) electrons. The van der Waals surface area contributed by atoms with Crippen molar-refractivity contribution in [1.29, 1.82) is 0 Å². The molecule has 0 aromatic heterocycles. The molecule has 0 unspecified atom stereocenters. The van der Waals surface area contributed by atoms with Gasteiger partial charge in [0, 0.05) is 10.6 Å². The number of methoxy groups -OCH3 is 1. The average Bonchev–Trinajstić information content (AvgIpc) is 2.64. The van der Waals surface area contributed by atoms with E-state index in [2.05, 4.69) is 5.16 Å². The Morgan fingerprint density at radius 1 is 1.19 bits per heavy atom. The molecule has 5 nitrogen and oxygen atoms in total. The number of aromatic hydroxyl groups is 1. The van der Waals surface area contributed by atoms with Gasteiger partial charge in [-0.3, -0.25) is 0 Å². The highest BCUT2D eigenvalue weighted by molar-refractivity contribution is 6.31. The molecule has 0 amide bonds. The predicted molar refractivity (Wildman–Crippen MR) is 101 cm³/mol. The maximum atomic E-state index is 12.2. The number of oxime groups is 1. The number of nitrogens with zero attached hydrogens (tertiary/aromatic N) is 1. The molecule has 26 heavy (non-hydrogen) atoms. The van der Waals surface area contributed by atoms with E-state index in [-0.39, 0.29) is 11.3 Å². The summed E-state index contributed by atoms with van der Waals surface area (Å²) >= 11 is 5.93. The number of fused-ring (bicyclic) bond motifs is 1. The molecule has 1 N–H and O–H groups in total. The summed E-state index contributed by atoms with van der Waals surface area (Å²) in [5.41, 5.74) is 1.12. The van der Waals surface area contributed by atoms with E-state index >= 15 is 0 Å². The fraction of sp³-hybridized carbons (Fsp3) is 0.100. The molecule has 6 heteroatoms. The molecule has 0 atom stereocenters. The van der Waals surface area contributed by atoms with Gasteiger partial charge in [0.1, 0.15) is 17.1 Å². The number of aryl methyl sites for hydroxylation is 1. The first-order chi connectivity index (χ1) is 12.5. The topological polar surface area (TPSA) is 68.1 Å². The van der Waals surface area contributed by atoms with Gasteiger partial charge in [-0.05, 0) is 41.5 Å². The van der Waals surface area contributed by atoms with Gasteiger partial charge in [0.2, 0.25) is 0 Å². The van der Waals surface area contributed by atoms with Crippen molar-refractivity contribution >= 4 is 34.6 Å².